The molecule has 4 nitrogen and oxygen atoms in total. The second-order valence-electron chi connectivity index (χ2n) is 3.40. The summed E-state index contributed by atoms with van der Waals surface area (Å²) in [6.45, 7) is 1.87. The minimum Gasteiger partial charge on any atom is -0.481 e. The molecule has 0 fully saturated rings. The Morgan fingerprint density at radius 2 is 2.06 bits per heavy atom. The van der Waals surface area contributed by atoms with Crippen molar-refractivity contribution < 1.29 is 14.7 Å². The Balaban J connectivity index is 2.59. The first-order valence-corrected chi connectivity index (χ1v) is 5.56. The van der Waals surface area contributed by atoms with Gasteiger partial charge >= 0.3 is 5.97 Å². The molecule has 86 valence electrons. The number of nitrogens with one attached hydrogen (secondary N) is 1. The molecule has 0 aliphatic heterocycles. The van der Waals surface area contributed by atoms with Crippen LogP contribution < -0.4 is 5.32 Å². The fourth-order valence-corrected chi connectivity index (χ4v) is 1.68. The molecule has 1 rings (SSSR count). The average molecular weight is 286 g/mol. The van der Waals surface area contributed by atoms with Crippen LogP contribution in [0.2, 0.25) is 0 Å². The highest BCUT2D eigenvalue weighted by Gasteiger charge is 2.07. The highest BCUT2D eigenvalue weighted by Crippen LogP contribution is 2.20. The van der Waals surface area contributed by atoms with Gasteiger partial charge in [-0.15, -0.1) is 0 Å². The van der Waals surface area contributed by atoms with E-state index in [1.54, 1.807) is 6.07 Å². The number of amides is 1. The number of carbonyl (C=O) groups excluding carboxylic acids is 1. The molecule has 0 radical (unpaired) electrons. The van der Waals surface area contributed by atoms with Gasteiger partial charge < -0.3 is 10.4 Å². The number of carboxylic acid groups (broad SMARTS) is 1. The second-order valence-corrected chi connectivity index (χ2v) is 4.32. The van der Waals surface area contributed by atoms with Gasteiger partial charge in [0.2, 0.25) is 5.91 Å². The highest BCUT2D eigenvalue weighted by atomic mass is 79.9. The van der Waals surface area contributed by atoms with Crippen LogP contribution in [0.25, 0.3) is 0 Å². The topological polar surface area (TPSA) is 66.4 Å². The van der Waals surface area contributed by atoms with E-state index in [4.69, 9.17) is 5.11 Å². The summed E-state index contributed by atoms with van der Waals surface area (Å²) in [6, 6.07) is 5.48. The maximum Gasteiger partial charge on any atom is 0.303 e. The second kappa shape index (κ2) is 5.65. The maximum atomic E-state index is 11.4. The van der Waals surface area contributed by atoms with Crippen molar-refractivity contribution in [1.82, 2.24) is 0 Å². The lowest BCUT2D eigenvalue weighted by molar-refractivity contribution is -0.138. The number of rotatable bonds is 4. The van der Waals surface area contributed by atoms with Crippen molar-refractivity contribution in [3.05, 3.63) is 28.2 Å². The van der Waals surface area contributed by atoms with Gasteiger partial charge in [-0.25, -0.2) is 0 Å². The number of aryl methyl sites for hydroxylation is 1. The SMILES string of the molecule is Cc1cc(Br)ccc1NC(=O)CCC(=O)O. The molecule has 1 amide bonds. The van der Waals surface area contributed by atoms with Gasteiger partial charge in [0.15, 0.2) is 0 Å². The van der Waals surface area contributed by atoms with Crippen molar-refractivity contribution in [2.45, 2.75) is 19.8 Å². The van der Waals surface area contributed by atoms with Crippen LogP contribution in [0.1, 0.15) is 18.4 Å². The smallest absolute Gasteiger partial charge is 0.303 e. The molecular weight excluding hydrogens is 274 g/mol. The number of benzene rings is 1. The Hall–Kier alpha value is -1.36. The average Bonchev–Trinajstić information content (AvgIpc) is 2.19. The normalized spacial score (nSPS) is 9.88. The number of carboxylic acids is 1. The molecule has 1 aromatic rings. The molecule has 0 saturated heterocycles. The summed E-state index contributed by atoms with van der Waals surface area (Å²) in [7, 11) is 0. The van der Waals surface area contributed by atoms with Crippen LogP contribution in [-0.4, -0.2) is 17.0 Å². The lowest BCUT2D eigenvalue weighted by Gasteiger charge is -2.07. The molecule has 0 spiro atoms. The summed E-state index contributed by atoms with van der Waals surface area (Å²) in [5, 5.41) is 11.1. The fourth-order valence-electron chi connectivity index (χ4n) is 1.20. The molecule has 0 unspecified atom stereocenters. The zero-order valence-electron chi connectivity index (χ0n) is 8.79. The van der Waals surface area contributed by atoms with E-state index in [0.29, 0.717) is 5.69 Å². The van der Waals surface area contributed by atoms with Gasteiger partial charge in [0.1, 0.15) is 0 Å². The third-order valence-corrected chi connectivity index (χ3v) is 2.52. The Kier molecular flexibility index (Phi) is 4.49. The van der Waals surface area contributed by atoms with E-state index in [9.17, 15) is 9.59 Å². The molecule has 1 aromatic carbocycles. The van der Waals surface area contributed by atoms with Gasteiger partial charge in [-0.2, -0.15) is 0 Å². The van der Waals surface area contributed by atoms with E-state index in [2.05, 4.69) is 21.2 Å². The summed E-state index contributed by atoms with van der Waals surface area (Å²) in [5.41, 5.74) is 1.64. The molecule has 0 aliphatic rings. The van der Waals surface area contributed by atoms with Crippen molar-refractivity contribution in [2.75, 3.05) is 5.32 Å². The molecule has 5 heteroatoms. The van der Waals surface area contributed by atoms with Crippen molar-refractivity contribution in [1.29, 1.82) is 0 Å². The Morgan fingerprint density at radius 3 is 2.62 bits per heavy atom. The van der Waals surface area contributed by atoms with E-state index in [1.165, 1.54) is 0 Å². The number of hydrogen-bond acceptors (Lipinski definition) is 2. The minimum atomic E-state index is -0.970. The van der Waals surface area contributed by atoms with Gasteiger partial charge in [0, 0.05) is 16.6 Å². The Labute approximate surface area is 102 Å². The van der Waals surface area contributed by atoms with Crippen LogP contribution in [-0.2, 0) is 9.59 Å². The molecule has 0 atom stereocenters. The first kappa shape index (κ1) is 12.7. The molecular formula is C11H12BrNO3. The minimum absolute atomic E-state index is 0.00909. The van der Waals surface area contributed by atoms with Crippen molar-refractivity contribution in [3.63, 3.8) is 0 Å². The largest absolute Gasteiger partial charge is 0.481 e. The predicted molar refractivity (Wildman–Crippen MR) is 64.4 cm³/mol. The third kappa shape index (κ3) is 4.02. The fraction of sp³-hybridized carbons (Fsp3) is 0.273. The van der Waals surface area contributed by atoms with Crippen molar-refractivity contribution >= 4 is 33.5 Å². The molecule has 0 bridgehead atoms. The van der Waals surface area contributed by atoms with Crippen LogP contribution in [0.4, 0.5) is 5.69 Å². The summed E-state index contributed by atoms with van der Waals surface area (Å²) >= 11 is 3.32. The van der Waals surface area contributed by atoms with Gasteiger partial charge in [0.05, 0.1) is 6.42 Å². The lowest BCUT2D eigenvalue weighted by atomic mass is 10.2. The molecule has 16 heavy (non-hydrogen) atoms. The third-order valence-electron chi connectivity index (χ3n) is 2.03. The Bertz CT molecular complexity index is 418. The zero-order valence-corrected chi connectivity index (χ0v) is 10.4. The van der Waals surface area contributed by atoms with E-state index in [1.807, 2.05) is 19.1 Å². The summed E-state index contributed by atoms with van der Waals surface area (Å²) in [5.74, 6) is -1.25. The summed E-state index contributed by atoms with van der Waals surface area (Å²) in [6.07, 6.45) is -0.160. The first-order valence-electron chi connectivity index (χ1n) is 4.77. The monoisotopic (exact) mass is 285 g/mol. The van der Waals surface area contributed by atoms with Crippen LogP contribution in [0, 0.1) is 6.92 Å². The number of anilines is 1. The molecule has 0 heterocycles. The van der Waals surface area contributed by atoms with Crippen LogP contribution in [0.5, 0.6) is 0 Å². The highest BCUT2D eigenvalue weighted by molar-refractivity contribution is 9.10. The van der Waals surface area contributed by atoms with Crippen LogP contribution in [0.15, 0.2) is 22.7 Å². The Morgan fingerprint density at radius 1 is 1.38 bits per heavy atom. The quantitative estimate of drug-likeness (QED) is 0.894. The number of aliphatic carboxylic acids is 1. The summed E-state index contributed by atoms with van der Waals surface area (Å²) in [4.78, 5) is 21.6. The zero-order chi connectivity index (χ0) is 12.1. The van der Waals surface area contributed by atoms with Gasteiger partial charge in [-0.3, -0.25) is 9.59 Å². The number of halogens is 1. The standard InChI is InChI=1S/C11H12BrNO3/c1-7-6-8(12)2-3-9(7)13-10(14)4-5-11(15)16/h2-3,6H,4-5H2,1H3,(H,13,14)(H,15,16). The molecule has 0 aromatic heterocycles. The van der Waals surface area contributed by atoms with Gasteiger partial charge in [0.25, 0.3) is 0 Å². The van der Waals surface area contributed by atoms with E-state index >= 15 is 0 Å². The molecule has 2 N–H and O–H groups in total. The van der Waals surface area contributed by atoms with E-state index < -0.39 is 5.97 Å². The number of carbonyl (C=O) groups is 2. The van der Waals surface area contributed by atoms with Crippen molar-refractivity contribution in [2.24, 2.45) is 0 Å². The van der Waals surface area contributed by atoms with E-state index in [-0.39, 0.29) is 18.7 Å². The molecule has 0 saturated carbocycles. The van der Waals surface area contributed by atoms with Crippen LogP contribution in [0.3, 0.4) is 0 Å². The van der Waals surface area contributed by atoms with E-state index in [0.717, 1.165) is 10.0 Å². The van der Waals surface area contributed by atoms with Crippen molar-refractivity contribution in [3.8, 4) is 0 Å². The lowest BCUT2D eigenvalue weighted by Crippen LogP contribution is -2.13. The first-order chi connectivity index (χ1) is 7.49. The predicted octanol–water partition coefficient (Wildman–Crippen LogP) is 2.56. The maximum absolute atomic E-state index is 11.4. The number of hydrogen-bond donors (Lipinski definition) is 2. The van der Waals surface area contributed by atoms with Gasteiger partial charge in [-0.05, 0) is 30.7 Å². The van der Waals surface area contributed by atoms with Gasteiger partial charge in [-0.1, -0.05) is 15.9 Å². The van der Waals surface area contributed by atoms with Crippen LogP contribution >= 0.6 is 15.9 Å². The summed E-state index contributed by atoms with van der Waals surface area (Å²) < 4.78 is 0.938. The molecule has 0 aliphatic carbocycles.